The van der Waals surface area contributed by atoms with Gasteiger partial charge in [0.1, 0.15) is 0 Å². The molecule has 43 heavy (non-hydrogen) atoms. The predicted molar refractivity (Wildman–Crippen MR) is 169 cm³/mol. The van der Waals surface area contributed by atoms with E-state index in [1.165, 1.54) is 0 Å². The summed E-state index contributed by atoms with van der Waals surface area (Å²) in [4.78, 5) is 14.6. The number of hydrogen-bond acceptors (Lipinski definition) is 6. The second kappa shape index (κ2) is 13.6. The van der Waals surface area contributed by atoms with Crippen molar-refractivity contribution >= 4 is 58.0 Å². The fourth-order valence-electron chi connectivity index (χ4n) is 5.70. The molecule has 0 spiro atoms. The minimum atomic E-state index is -2.10. The van der Waals surface area contributed by atoms with Crippen LogP contribution in [0.5, 0.6) is 0 Å². The normalized spacial score (nSPS) is 24.4. The Kier molecular flexibility index (Phi) is 10.3. The molecule has 2 aliphatic heterocycles. The summed E-state index contributed by atoms with van der Waals surface area (Å²) < 4.78 is 11.0. The van der Waals surface area contributed by atoms with Gasteiger partial charge in [0.25, 0.3) is 9.70 Å². The zero-order valence-corrected chi connectivity index (χ0v) is 26.6. The molecule has 2 fully saturated rings. The van der Waals surface area contributed by atoms with Crippen molar-refractivity contribution in [3.8, 4) is 0 Å². The van der Waals surface area contributed by atoms with Gasteiger partial charge in [0, 0.05) is 41.8 Å². The molecule has 0 bridgehead atoms. The molecule has 4 atom stereocenters. The minimum Gasteiger partial charge on any atom is -0.392 e. The lowest BCUT2D eigenvalue weighted by Gasteiger charge is -2.45. The number of halogens is 4. The van der Waals surface area contributed by atoms with E-state index >= 15 is 0 Å². The van der Waals surface area contributed by atoms with Crippen molar-refractivity contribution in [2.75, 3.05) is 25.0 Å². The molecule has 0 aromatic heterocycles. The van der Waals surface area contributed by atoms with Crippen LogP contribution >= 0.6 is 46.4 Å². The SMILES string of the molecule is C[C@H]1[C@@H](CN2CCC(O)(c3ccc(Cl)cc3)CC2)O[C@@H](c2cccc(NC(=O)C(Cl)(Cl)Cl)c2)O[C@H]1c1ccc(CO)cc1. The van der Waals surface area contributed by atoms with Crippen LogP contribution in [-0.2, 0) is 26.5 Å². The molecule has 230 valence electrons. The molecular weight excluding hydrogens is 634 g/mol. The van der Waals surface area contributed by atoms with E-state index in [0.29, 0.717) is 48.7 Å². The van der Waals surface area contributed by atoms with Crippen LogP contribution < -0.4 is 5.32 Å². The zero-order chi connectivity index (χ0) is 30.8. The first-order valence-corrected chi connectivity index (χ1v) is 15.7. The Labute approximate surface area is 271 Å². The Morgan fingerprint density at radius 2 is 1.67 bits per heavy atom. The highest BCUT2D eigenvalue weighted by Gasteiger charge is 2.41. The number of likely N-dealkylation sites (tertiary alicyclic amines) is 1. The third kappa shape index (κ3) is 7.85. The maximum atomic E-state index is 12.3. The third-order valence-electron chi connectivity index (χ3n) is 8.30. The summed E-state index contributed by atoms with van der Waals surface area (Å²) in [6.45, 7) is 4.11. The first kappa shape index (κ1) is 32.5. The van der Waals surface area contributed by atoms with E-state index in [1.54, 1.807) is 18.2 Å². The van der Waals surface area contributed by atoms with Crippen molar-refractivity contribution in [2.45, 2.75) is 54.3 Å². The van der Waals surface area contributed by atoms with Crippen LogP contribution in [0.15, 0.2) is 72.8 Å². The van der Waals surface area contributed by atoms with Crippen LogP contribution in [0.25, 0.3) is 0 Å². The molecule has 1 amide bonds. The second-order valence-corrected chi connectivity index (χ2v) is 14.0. The molecular formula is C32H34Cl4N2O5. The molecule has 0 unspecified atom stereocenters. The van der Waals surface area contributed by atoms with Gasteiger partial charge in [-0.25, -0.2) is 0 Å². The number of carbonyl (C=O) groups excluding carboxylic acids is 1. The first-order valence-electron chi connectivity index (χ1n) is 14.1. The lowest BCUT2D eigenvalue weighted by molar-refractivity contribution is -0.277. The summed E-state index contributed by atoms with van der Waals surface area (Å²) in [5, 5.41) is 24.2. The largest absolute Gasteiger partial charge is 0.392 e. The average molecular weight is 668 g/mol. The van der Waals surface area contributed by atoms with E-state index < -0.39 is 21.6 Å². The molecule has 5 rings (SSSR count). The highest BCUT2D eigenvalue weighted by atomic mass is 35.6. The van der Waals surface area contributed by atoms with Crippen molar-refractivity contribution in [3.05, 3.63) is 100 Å². The van der Waals surface area contributed by atoms with Crippen LogP contribution in [0.1, 0.15) is 54.4 Å². The van der Waals surface area contributed by atoms with E-state index in [-0.39, 0.29) is 24.7 Å². The summed E-state index contributed by atoms with van der Waals surface area (Å²) in [7, 11) is 0. The van der Waals surface area contributed by atoms with Gasteiger partial charge in [-0.15, -0.1) is 0 Å². The van der Waals surface area contributed by atoms with Crippen LogP contribution in [-0.4, -0.2) is 50.6 Å². The van der Waals surface area contributed by atoms with Gasteiger partial charge in [-0.2, -0.15) is 0 Å². The maximum Gasteiger partial charge on any atom is 0.276 e. The van der Waals surface area contributed by atoms with Crippen LogP contribution in [0.3, 0.4) is 0 Å². The molecule has 0 saturated carbocycles. The standard InChI is InChI=1S/C32H34Cl4N2O5/c1-20-27(18-38-15-13-31(41,14-16-38)24-9-11-25(33)12-10-24)42-29(43-28(20)22-7-5-21(19-39)6-8-22)23-3-2-4-26(17-23)37-30(40)32(34,35)36/h2-12,17,20,27-29,39,41H,13-16,18-19H2,1H3,(H,37,40)/t20-,27+,28+,29+/m0/s1. The van der Waals surface area contributed by atoms with Gasteiger partial charge in [-0.1, -0.05) is 102 Å². The Bertz CT molecular complexity index is 1390. The molecule has 11 heteroatoms. The Balaban J connectivity index is 1.35. The second-order valence-electron chi connectivity index (χ2n) is 11.2. The highest BCUT2D eigenvalue weighted by molar-refractivity contribution is 6.76. The van der Waals surface area contributed by atoms with Crippen LogP contribution in [0.2, 0.25) is 5.02 Å². The third-order valence-corrected chi connectivity index (χ3v) is 9.07. The number of anilines is 1. The number of aliphatic hydroxyl groups is 2. The van der Waals surface area contributed by atoms with Crippen molar-refractivity contribution in [1.82, 2.24) is 4.90 Å². The lowest BCUT2D eigenvalue weighted by Crippen LogP contribution is -2.49. The number of amides is 1. The fourth-order valence-corrected chi connectivity index (χ4v) is 5.97. The van der Waals surface area contributed by atoms with E-state index in [2.05, 4.69) is 17.1 Å². The van der Waals surface area contributed by atoms with Crippen molar-refractivity contribution < 1.29 is 24.5 Å². The van der Waals surface area contributed by atoms with Crippen molar-refractivity contribution in [1.29, 1.82) is 0 Å². The smallest absolute Gasteiger partial charge is 0.276 e. The number of piperidine rings is 1. The van der Waals surface area contributed by atoms with Gasteiger partial charge in [0.05, 0.1) is 24.4 Å². The average Bonchev–Trinajstić information content (AvgIpc) is 2.99. The lowest BCUT2D eigenvalue weighted by atomic mass is 9.84. The number of hydrogen-bond donors (Lipinski definition) is 3. The minimum absolute atomic E-state index is 0.0134. The fraction of sp³-hybridized carbons (Fsp3) is 0.406. The molecule has 0 aliphatic carbocycles. The number of nitrogens with one attached hydrogen (secondary N) is 1. The van der Waals surface area contributed by atoms with Crippen LogP contribution in [0.4, 0.5) is 5.69 Å². The van der Waals surface area contributed by atoms with Gasteiger partial charge in [-0.3, -0.25) is 4.79 Å². The van der Waals surface area contributed by atoms with Gasteiger partial charge in [0.15, 0.2) is 6.29 Å². The molecule has 3 N–H and O–H groups in total. The van der Waals surface area contributed by atoms with Gasteiger partial charge < -0.3 is 29.9 Å². The zero-order valence-electron chi connectivity index (χ0n) is 23.6. The highest BCUT2D eigenvalue weighted by Crippen LogP contribution is 2.43. The number of alkyl halides is 3. The molecule has 2 heterocycles. The maximum absolute atomic E-state index is 12.3. The molecule has 0 radical (unpaired) electrons. The van der Waals surface area contributed by atoms with E-state index in [9.17, 15) is 15.0 Å². The topological polar surface area (TPSA) is 91.3 Å². The monoisotopic (exact) mass is 666 g/mol. The molecule has 7 nitrogen and oxygen atoms in total. The Hall–Kier alpha value is -1.91. The quantitative estimate of drug-likeness (QED) is 0.237. The summed E-state index contributed by atoms with van der Waals surface area (Å²) in [5.74, 6) is -0.780. The number of nitrogens with zero attached hydrogens (tertiary/aromatic N) is 1. The molecule has 3 aromatic carbocycles. The van der Waals surface area contributed by atoms with E-state index in [0.717, 1.165) is 16.7 Å². The van der Waals surface area contributed by atoms with E-state index in [1.807, 2.05) is 54.6 Å². The van der Waals surface area contributed by atoms with Crippen molar-refractivity contribution in [2.24, 2.45) is 5.92 Å². The number of ether oxygens (including phenoxy) is 2. The van der Waals surface area contributed by atoms with Gasteiger partial charge in [-0.05, 0) is 53.8 Å². The summed E-state index contributed by atoms with van der Waals surface area (Å²) in [6, 6.07) is 22.2. The number of aliphatic hydroxyl groups excluding tert-OH is 1. The first-order chi connectivity index (χ1) is 20.4. The number of rotatable bonds is 7. The summed E-state index contributed by atoms with van der Waals surface area (Å²) in [6.07, 6.45) is -0.0579. The number of benzene rings is 3. The van der Waals surface area contributed by atoms with Crippen molar-refractivity contribution in [3.63, 3.8) is 0 Å². The predicted octanol–water partition coefficient (Wildman–Crippen LogP) is 6.92. The molecule has 2 aliphatic rings. The van der Waals surface area contributed by atoms with E-state index in [4.69, 9.17) is 55.9 Å². The Morgan fingerprint density at radius 3 is 2.30 bits per heavy atom. The van der Waals surface area contributed by atoms with Gasteiger partial charge in [0.2, 0.25) is 0 Å². The summed E-state index contributed by atoms with van der Waals surface area (Å²) >= 11 is 23.3. The number of carbonyl (C=O) groups is 1. The Morgan fingerprint density at radius 1 is 1.00 bits per heavy atom. The van der Waals surface area contributed by atoms with Gasteiger partial charge >= 0.3 is 0 Å². The molecule has 2 saturated heterocycles. The summed E-state index contributed by atoms with van der Waals surface area (Å²) in [5.41, 5.74) is 2.90. The molecule has 3 aromatic rings. The van der Waals surface area contributed by atoms with Crippen LogP contribution in [0, 0.1) is 5.92 Å².